The summed E-state index contributed by atoms with van der Waals surface area (Å²) in [4.78, 5) is 97.7. The Balaban J connectivity index is 4.99. The Labute approximate surface area is 411 Å². The van der Waals surface area contributed by atoms with Crippen molar-refractivity contribution in [2.75, 3.05) is 18.1 Å². The highest BCUT2D eigenvalue weighted by molar-refractivity contribution is 7.99. The van der Waals surface area contributed by atoms with Crippen molar-refractivity contribution in [3.8, 4) is 0 Å². The second-order valence-electron chi connectivity index (χ2n) is 18.0. The van der Waals surface area contributed by atoms with Gasteiger partial charge in [0.2, 0.25) is 11.8 Å². The highest BCUT2D eigenvalue weighted by Crippen LogP contribution is 2.16. The molecule has 4 atom stereocenters. The van der Waals surface area contributed by atoms with Gasteiger partial charge in [-0.25, -0.2) is 4.79 Å². The molecule has 8 N–H and O–H groups in total. The number of thioether (sulfide) groups is 1. The van der Waals surface area contributed by atoms with Crippen LogP contribution in [-0.2, 0) is 47.8 Å². The standard InChI is InChI=1S/C50H90N4O13S/c1-3-5-7-9-11-13-15-17-19-21-23-25-27-29-45(60)66-37-39(67-46(61)30-28-26-24-22-20-18-16-14-12-10-8-6-4-2)38-68-36-35-42(55)54-47(51)49(63)52-40(31-33-43(56)57)48(62)53-41(50(64)65)32-34-44(58)59/h39-41,47H,3-38,51H2,1-2H3,(H,52,63)(H,53,62)(H,54,55)(H,56,57)(H,58,59)(H,64,65)/t39-,40?,41?,47-/m1/s1. The Morgan fingerprint density at radius 1 is 0.485 bits per heavy atom. The number of carboxylic acids is 3. The molecule has 0 aromatic carbocycles. The van der Waals surface area contributed by atoms with E-state index >= 15 is 0 Å². The fraction of sp³-hybridized carbons (Fsp3) is 0.840. The molecule has 0 aliphatic rings. The van der Waals surface area contributed by atoms with Crippen molar-refractivity contribution in [1.82, 2.24) is 16.0 Å². The van der Waals surface area contributed by atoms with Crippen molar-refractivity contribution in [3.05, 3.63) is 0 Å². The number of amides is 3. The molecule has 0 radical (unpaired) electrons. The number of nitrogens with two attached hydrogens (primary N) is 1. The maximum Gasteiger partial charge on any atom is 0.326 e. The van der Waals surface area contributed by atoms with Gasteiger partial charge < -0.3 is 46.5 Å². The first-order chi connectivity index (χ1) is 32.7. The monoisotopic (exact) mass is 987 g/mol. The number of nitrogens with one attached hydrogen (secondary N) is 3. The Kier molecular flexibility index (Phi) is 41.7. The van der Waals surface area contributed by atoms with Gasteiger partial charge in [-0.2, -0.15) is 11.8 Å². The zero-order chi connectivity index (χ0) is 50.6. The lowest BCUT2D eigenvalue weighted by atomic mass is 10.0. The second-order valence-corrected chi connectivity index (χ2v) is 19.1. The van der Waals surface area contributed by atoms with Crippen molar-refractivity contribution in [2.24, 2.45) is 5.73 Å². The molecule has 0 fully saturated rings. The summed E-state index contributed by atoms with van der Waals surface area (Å²) in [6, 6.07) is -3.18. The van der Waals surface area contributed by atoms with Gasteiger partial charge in [-0.3, -0.25) is 33.6 Å². The fourth-order valence-corrected chi connectivity index (χ4v) is 8.40. The average Bonchev–Trinajstić information content (AvgIpc) is 3.29. The minimum atomic E-state index is -1.66. The molecule has 0 aromatic rings. The number of esters is 2. The second kappa shape index (κ2) is 44.3. The van der Waals surface area contributed by atoms with Gasteiger partial charge in [-0.1, -0.05) is 168 Å². The highest BCUT2D eigenvalue weighted by Gasteiger charge is 2.29. The van der Waals surface area contributed by atoms with Crippen LogP contribution in [0.3, 0.4) is 0 Å². The molecule has 17 nitrogen and oxygen atoms in total. The van der Waals surface area contributed by atoms with Crippen LogP contribution in [0.4, 0.5) is 0 Å². The molecule has 0 aliphatic carbocycles. The van der Waals surface area contributed by atoms with E-state index in [0.717, 1.165) is 44.9 Å². The molecule has 0 bridgehead atoms. The molecule has 0 saturated heterocycles. The molecule has 0 spiro atoms. The topological polar surface area (TPSA) is 278 Å². The number of ether oxygens (including phenoxy) is 2. The van der Waals surface area contributed by atoms with Gasteiger partial charge in [0.05, 0.1) is 0 Å². The quantitative estimate of drug-likeness (QED) is 0.0171. The summed E-state index contributed by atoms with van der Waals surface area (Å²) in [5.74, 6) is -7.16. The largest absolute Gasteiger partial charge is 0.481 e. The van der Waals surface area contributed by atoms with Gasteiger partial charge in [-0.15, -0.1) is 0 Å². The number of carbonyl (C=O) groups is 8. The first kappa shape index (κ1) is 64.1. The van der Waals surface area contributed by atoms with E-state index in [9.17, 15) is 43.5 Å². The molecule has 3 amide bonds. The van der Waals surface area contributed by atoms with Crippen molar-refractivity contribution in [1.29, 1.82) is 0 Å². The molecule has 394 valence electrons. The minimum absolute atomic E-state index is 0.114. The third kappa shape index (κ3) is 40.0. The summed E-state index contributed by atoms with van der Waals surface area (Å²) in [5, 5.41) is 34.1. The van der Waals surface area contributed by atoms with E-state index in [0.29, 0.717) is 6.42 Å². The number of unbranched alkanes of at least 4 members (excludes halogenated alkanes) is 24. The van der Waals surface area contributed by atoms with Crippen molar-refractivity contribution in [2.45, 2.75) is 250 Å². The summed E-state index contributed by atoms with van der Waals surface area (Å²) in [5.41, 5.74) is 5.87. The van der Waals surface area contributed by atoms with E-state index in [1.165, 1.54) is 127 Å². The summed E-state index contributed by atoms with van der Waals surface area (Å²) in [6.45, 7) is 4.34. The third-order valence-corrected chi connectivity index (χ3v) is 12.7. The van der Waals surface area contributed by atoms with E-state index in [4.69, 9.17) is 25.4 Å². The summed E-state index contributed by atoms with van der Waals surface area (Å²) < 4.78 is 11.3. The fourth-order valence-electron chi connectivity index (χ4n) is 7.48. The van der Waals surface area contributed by atoms with Crippen LogP contribution in [0.2, 0.25) is 0 Å². The maximum atomic E-state index is 12.9. The molecule has 0 aromatic heterocycles. The summed E-state index contributed by atoms with van der Waals surface area (Å²) in [7, 11) is 0. The van der Waals surface area contributed by atoms with E-state index in [-0.39, 0.29) is 49.3 Å². The van der Waals surface area contributed by atoms with Crippen LogP contribution in [0.25, 0.3) is 0 Å². The number of hydrogen-bond acceptors (Lipinski definition) is 12. The third-order valence-electron chi connectivity index (χ3n) is 11.6. The maximum absolute atomic E-state index is 12.9. The molecule has 0 aliphatic heterocycles. The SMILES string of the molecule is CCCCCCCCCCCCCCCC(=O)OC[C@H](CSCCC(=O)N[C@@H](N)C(=O)NC(CCC(=O)O)C(=O)NC(CCC(=O)O)C(=O)O)OC(=O)CCCCCCCCCCCCCCC. The van der Waals surface area contributed by atoms with Gasteiger partial charge in [0.25, 0.3) is 5.91 Å². The molecule has 68 heavy (non-hydrogen) atoms. The number of carbonyl (C=O) groups excluding carboxylic acids is 5. The Morgan fingerprint density at radius 2 is 0.882 bits per heavy atom. The predicted octanol–water partition coefficient (Wildman–Crippen LogP) is 8.71. The number of rotatable bonds is 48. The molecular weight excluding hydrogens is 897 g/mol. The lowest BCUT2D eigenvalue weighted by Crippen LogP contribution is -2.58. The van der Waals surface area contributed by atoms with Crippen LogP contribution in [0, 0.1) is 0 Å². The Bertz CT molecular complexity index is 1400. The highest BCUT2D eigenvalue weighted by atomic mass is 32.2. The van der Waals surface area contributed by atoms with Gasteiger partial charge >= 0.3 is 29.8 Å². The molecule has 0 rings (SSSR count). The zero-order valence-corrected chi connectivity index (χ0v) is 42.5. The zero-order valence-electron chi connectivity index (χ0n) is 41.7. The van der Waals surface area contributed by atoms with Crippen molar-refractivity contribution < 1.29 is 63.1 Å². The Hall–Kier alpha value is -3.93. The summed E-state index contributed by atoms with van der Waals surface area (Å²) in [6.07, 6.45) is 26.9. The van der Waals surface area contributed by atoms with Crippen LogP contribution in [0.5, 0.6) is 0 Å². The predicted molar refractivity (Wildman–Crippen MR) is 265 cm³/mol. The van der Waals surface area contributed by atoms with E-state index in [1.54, 1.807) is 0 Å². The van der Waals surface area contributed by atoms with E-state index in [1.807, 2.05) is 0 Å². The number of hydrogen-bond donors (Lipinski definition) is 7. The van der Waals surface area contributed by atoms with Crippen LogP contribution in [-0.4, -0.2) is 105 Å². The molecular formula is C50H90N4O13S. The number of carboxylic acid groups (broad SMARTS) is 3. The Morgan fingerprint density at radius 3 is 1.31 bits per heavy atom. The normalized spacial score (nSPS) is 12.9. The van der Waals surface area contributed by atoms with Gasteiger partial charge in [-0.05, 0) is 25.7 Å². The molecule has 18 heteroatoms. The van der Waals surface area contributed by atoms with E-state index in [2.05, 4.69) is 29.8 Å². The smallest absolute Gasteiger partial charge is 0.326 e. The van der Waals surface area contributed by atoms with Crippen LogP contribution in [0.1, 0.15) is 226 Å². The number of aliphatic carboxylic acids is 3. The molecule has 0 saturated carbocycles. The van der Waals surface area contributed by atoms with Crippen LogP contribution >= 0.6 is 11.8 Å². The van der Waals surface area contributed by atoms with Crippen molar-refractivity contribution in [3.63, 3.8) is 0 Å². The first-order valence-electron chi connectivity index (χ1n) is 25.9. The van der Waals surface area contributed by atoms with Gasteiger partial charge in [0.1, 0.15) is 24.8 Å². The lowest BCUT2D eigenvalue weighted by molar-refractivity contribution is -0.157. The van der Waals surface area contributed by atoms with E-state index < -0.39 is 85.7 Å². The van der Waals surface area contributed by atoms with Crippen LogP contribution in [0.15, 0.2) is 0 Å². The van der Waals surface area contributed by atoms with Gasteiger partial charge in [0.15, 0.2) is 6.17 Å². The van der Waals surface area contributed by atoms with Crippen LogP contribution < -0.4 is 21.7 Å². The van der Waals surface area contributed by atoms with Gasteiger partial charge in [0, 0.05) is 43.6 Å². The van der Waals surface area contributed by atoms with Crippen molar-refractivity contribution >= 4 is 59.3 Å². The summed E-state index contributed by atoms with van der Waals surface area (Å²) >= 11 is 1.28. The average molecular weight is 987 g/mol. The molecule has 2 unspecified atom stereocenters. The minimum Gasteiger partial charge on any atom is -0.481 e. The lowest BCUT2D eigenvalue weighted by Gasteiger charge is -2.22. The molecule has 0 heterocycles. The first-order valence-corrected chi connectivity index (χ1v) is 27.1.